The molecule has 0 aliphatic rings. The molecule has 2 rings (SSSR count). The number of H-pyrrole nitrogens is 1. The second-order valence-electron chi connectivity index (χ2n) is 6.28. The van der Waals surface area contributed by atoms with Crippen LogP contribution in [0, 0.1) is 5.92 Å². The van der Waals surface area contributed by atoms with Gasteiger partial charge in [0.25, 0.3) is 11.5 Å². The average molecular weight is 318 g/mol. The number of fused-ring (bicyclic) bond motifs is 1. The highest BCUT2D eigenvalue weighted by Crippen LogP contribution is 2.13. The summed E-state index contributed by atoms with van der Waals surface area (Å²) in [6.45, 7) is 6.19. The molecule has 0 spiro atoms. The zero-order valence-electron chi connectivity index (χ0n) is 14.1. The number of pyridine rings is 1. The van der Waals surface area contributed by atoms with E-state index in [-0.39, 0.29) is 28.7 Å². The van der Waals surface area contributed by atoms with Crippen molar-refractivity contribution in [1.29, 1.82) is 0 Å². The molecule has 0 bridgehead atoms. The number of nitrogens with zero attached hydrogens (tertiary/aromatic N) is 3. The highest BCUT2D eigenvalue weighted by atomic mass is 16.2. The molecule has 0 aliphatic heterocycles. The number of nitrogens with one attached hydrogen (secondary N) is 1. The van der Waals surface area contributed by atoms with Crippen LogP contribution in [-0.4, -0.2) is 38.4 Å². The highest BCUT2D eigenvalue weighted by molar-refractivity contribution is 5.94. The lowest BCUT2D eigenvalue weighted by molar-refractivity contribution is 0.0722. The maximum atomic E-state index is 12.6. The summed E-state index contributed by atoms with van der Waals surface area (Å²) in [6, 6.07) is 3.11. The van der Waals surface area contributed by atoms with Crippen LogP contribution in [0.3, 0.4) is 0 Å². The first-order chi connectivity index (χ1) is 10.7. The van der Waals surface area contributed by atoms with Gasteiger partial charge in [-0.2, -0.15) is 0 Å². The second kappa shape index (κ2) is 6.36. The van der Waals surface area contributed by atoms with Crippen LogP contribution in [-0.2, 0) is 7.05 Å². The Morgan fingerprint density at radius 1 is 1.30 bits per heavy atom. The van der Waals surface area contributed by atoms with Crippen LogP contribution in [0.15, 0.2) is 21.7 Å². The number of amides is 1. The molecule has 0 saturated carbocycles. The van der Waals surface area contributed by atoms with Crippen molar-refractivity contribution in [3.8, 4) is 0 Å². The standard InChI is InChI=1S/C16H22N4O3/c1-9(2)8-10(3)19(4)15(22)12-7-6-11-13(17-12)20(5)16(23)18-14(11)21/h6-7,9-10H,8H2,1-5H3,(H,18,21,23)/t10-/m1/s1. The Morgan fingerprint density at radius 3 is 2.57 bits per heavy atom. The molecule has 1 amide bonds. The Hall–Kier alpha value is -2.44. The molecule has 1 N–H and O–H groups in total. The molecule has 7 nitrogen and oxygen atoms in total. The SMILES string of the molecule is CC(C)C[C@@H](C)N(C)C(=O)c1ccc2c(=O)[nH]c(=O)n(C)c2n1. The van der Waals surface area contributed by atoms with Gasteiger partial charge in [-0.15, -0.1) is 0 Å². The third kappa shape index (κ3) is 3.33. The van der Waals surface area contributed by atoms with E-state index in [4.69, 9.17) is 0 Å². The zero-order chi connectivity index (χ0) is 17.3. The normalized spacial score (nSPS) is 12.6. The van der Waals surface area contributed by atoms with Crippen LogP contribution in [0.2, 0.25) is 0 Å². The van der Waals surface area contributed by atoms with Gasteiger partial charge >= 0.3 is 5.69 Å². The lowest BCUT2D eigenvalue weighted by Crippen LogP contribution is -2.36. The molecule has 2 aromatic rings. The van der Waals surface area contributed by atoms with Crippen molar-refractivity contribution in [2.45, 2.75) is 33.2 Å². The van der Waals surface area contributed by atoms with Gasteiger partial charge < -0.3 is 4.90 Å². The van der Waals surface area contributed by atoms with E-state index in [0.717, 1.165) is 6.42 Å². The molecule has 2 aromatic heterocycles. The van der Waals surface area contributed by atoms with Crippen LogP contribution in [0.4, 0.5) is 0 Å². The van der Waals surface area contributed by atoms with Gasteiger partial charge in [0.2, 0.25) is 0 Å². The van der Waals surface area contributed by atoms with Gasteiger partial charge in [0.1, 0.15) is 11.3 Å². The van der Waals surface area contributed by atoms with E-state index in [2.05, 4.69) is 23.8 Å². The molecule has 124 valence electrons. The molecule has 23 heavy (non-hydrogen) atoms. The van der Waals surface area contributed by atoms with Crippen molar-refractivity contribution in [1.82, 2.24) is 19.4 Å². The fourth-order valence-corrected chi connectivity index (χ4v) is 2.57. The molecule has 0 fully saturated rings. The van der Waals surface area contributed by atoms with E-state index in [1.807, 2.05) is 6.92 Å². The van der Waals surface area contributed by atoms with E-state index in [1.54, 1.807) is 11.9 Å². The Kier molecular flexibility index (Phi) is 4.68. The Morgan fingerprint density at radius 2 is 1.96 bits per heavy atom. The van der Waals surface area contributed by atoms with Gasteiger partial charge in [-0.3, -0.25) is 19.1 Å². The van der Waals surface area contributed by atoms with Crippen molar-refractivity contribution in [3.05, 3.63) is 38.7 Å². The number of hydrogen-bond donors (Lipinski definition) is 1. The molecular formula is C16H22N4O3. The fraction of sp³-hybridized carbons (Fsp3) is 0.500. The Balaban J connectivity index is 2.44. The van der Waals surface area contributed by atoms with Crippen LogP contribution >= 0.6 is 0 Å². The first-order valence-electron chi connectivity index (χ1n) is 7.59. The van der Waals surface area contributed by atoms with Crippen LogP contribution in [0.1, 0.15) is 37.7 Å². The van der Waals surface area contributed by atoms with E-state index < -0.39 is 11.2 Å². The Bertz CT molecular complexity index is 851. The van der Waals surface area contributed by atoms with Crippen molar-refractivity contribution in [2.75, 3.05) is 7.05 Å². The summed E-state index contributed by atoms with van der Waals surface area (Å²) in [4.78, 5) is 44.1. The van der Waals surface area contributed by atoms with E-state index >= 15 is 0 Å². The van der Waals surface area contributed by atoms with Crippen LogP contribution in [0.25, 0.3) is 11.0 Å². The summed E-state index contributed by atoms with van der Waals surface area (Å²) >= 11 is 0. The molecule has 7 heteroatoms. The summed E-state index contributed by atoms with van der Waals surface area (Å²) in [7, 11) is 3.24. The first kappa shape index (κ1) is 16.9. The molecule has 0 saturated heterocycles. The summed E-state index contributed by atoms with van der Waals surface area (Å²) in [6.07, 6.45) is 0.883. The van der Waals surface area contributed by atoms with Crippen LogP contribution in [0.5, 0.6) is 0 Å². The molecule has 0 unspecified atom stereocenters. The minimum atomic E-state index is -0.555. The van der Waals surface area contributed by atoms with Gasteiger partial charge in [0, 0.05) is 20.1 Å². The number of carbonyl (C=O) groups excluding carboxylic acids is 1. The summed E-state index contributed by atoms with van der Waals surface area (Å²) in [5.74, 6) is 0.247. The first-order valence-corrected chi connectivity index (χ1v) is 7.59. The molecular weight excluding hydrogens is 296 g/mol. The molecule has 2 heterocycles. The monoisotopic (exact) mass is 318 g/mol. The summed E-state index contributed by atoms with van der Waals surface area (Å²) in [5, 5.41) is 0.279. The number of aromatic nitrogens is 3. The number of carbonyl (C=O) groups is 1. The average Bonchev–Trinajstić information content (AvgIpc) is 2.50. The van der Waals surface area contributed by atoms with E-state index in [1.165, 1.54) is 23.7 Å². The van der Waals surface area contributed by atoms with Gasteiger partial charge in [0.15, 0.2) is 0 Å². The molecule has 0 aromatic carbocycles. The van der Waals surface area contributed by atoms with Gasteiger partial charge in [-0.1, -0.05) is 13.8 Å². The maximum Gasteiger partial charge on any atom is 0.329 e. The maximum absolute atomic E-state index is 12.6. The quantitative estimate of drug-likeness (QED) is 0.915. The molecule has 1 atom stereocenters. The Labute approximate surface area is 134 Å². The minimum Gasteiger partial charge on any atom is -0.338 e. The minimum absolute atomic E-state index is 0.0722. The van der Waals surface area contributed by atoms with Crippen molar-refractivity contribution in [3.63, 3.8) is 0 Å². The number of aromatic amines is 1. The predicted molar refractivity (Wildman–Crippen MR) is 88.6 cm³/mol. The lowest BCUT2D eigenvalue weighted by Gasteiger charge is -2.26. The van der Waals surface area contributed by atoms with E-state index in [9.17, 15) is 14.4 Å². The summed E-state index contributed by atoms with van der Waals surface area (Å²) < 4.78 is 1.23. The fourth-order valence-electron chi connectivity index (χ4n) is 2.57. The van der Waals surface area contributed by atoms with Crippen LogP contribution < -0.4 is 11.2 Å². The second-order valence-corrected chi connectivity index (χ2v) is 6.28. The third-order valence-electron chi connectivity index (χ3n) is 3.98. The topological polar surface area (TPSA) is 88.1 Å². The van der Waals surface area contributed by atoms with E-state index in [0.29, 0.717) is 5.92 Å². The number of aryl methyl sites for hydroxylation is 1. The predicted octanol–water partition coefficient (Wildman–Crippen LogP) is 1.13. The number of hydrogen-bond acceptors (Lipinski definition) is 4. The summed E-state index contributed by atoms with van der Waals surface area (Å²) in [5.41, 5.74) is -0.636. The van der Waals surface area contributed by atoms with Gasteiger partial charge in [0.05, 0.1) is 5.39 Å². The highest BCUT2D eigenvalue weighted by Gasteiger charge is 2.20. The molecule has 0 aliphatic carbocycles. The van der Waals surface area contributed by atoms with Crippen molar-refractivity contribution >= 4 is 16.9 Å². The largest absolute Gasteiger partial charge is 0.338 e. The van der Waals surface area contributed by atoms with Gasteiger partial charge in [-0.25, -0.2) is 9.78 Å². The lowest BCUT2D eigenvalue weighted by atomic mass is 10.0. The zero-order valence-corrected chi connectivity index (χ0v) is 14.1. The molecule has 0 radical (unpaired) electrons. The van der Waals surface area contributed by atoms with Gasteiger partial charge in [-0.05, 0) is 31.4 Å². The van der Waals surface area contributed by atoms with Crippen molar-refractivity contribution in [2.24, 2.45) is 13.0 Å². The van der Waals surface area contributed by atoms with Crippen molar-refractivity contribution < 1.29 is 4.79 Å². The third-order valence-corrected chi connectivity index (χ3v) is 3.98. The number of rotatable bonds is 4. The smallest absolute Gasteiger partial charge is 0.329 e.